The molecule has 1 aromatic heterocycles. The zero-order valence-corrected chi connectivity index (χ0v) is 24.7. The number of primary amides is 1. The summed E-state index contributed by atoms with van der Waals surface area (Å²) < 4.78 is 30.2. The lowest BCUT2D eigenvalue weighted by molar-refractivity contribution is -0.123. The fourth-order valence-corrected chi connectivity index (χ4v) is 8.04. The highest BCUT2D eigenvalue weighted by Crippen LogP contribution is 2.35. The van der Waals surface area contributed by atoms with Crippen molar-refractivity contribution in [1.82, 2.24) is 19.0 Å². The number of para-hydroxylation sites is 1. The number of aliphatic imine (C=N–C) groups is 1. The normalized spacial score (nSPS) is 19.8. The highest BCUT2D eigenvalue weighted by atomic mass is 32.2. The highest BCUT2D eigenvalue weighted by Gasteiger charge is 2.31. The largest absolute Gasteiger partial charge is 0.369 e. The lowest BCUT2D eigenvalue weighted by Crippen LogP contribution is -2.40. The molecule has 3 aromatic rings. The van der Waals surface area contributed by atoms with Crippen LogP contribution in [0.3, 0.4) is 0 Å². The maximum atomic E-state index is 13.4. The van der Waals surface area contributed by atoms with Gasteiger partial charge in [-0.1, -0.05) is 36.8 Å². The molecule has 12 heteroatoms. The SMILES string of the molecule is NC(=O)C1CCN(C2=NC(=O)/C(=C/c3cn(-c4ccccc4)nc3-c3cccc(S(=O)(=O)N4CCCCC4)c3)S2)CC1. The minimum atomic E-state index is -3.64. The van der Waals surface area contributed by atoms with Gasteiger partial charge in [-0.3, -0.25) is 9.59 Å². The van der Waals surface area contributed by atoms with Crippen molar-refractivity contribution in [3.05, 3.63) is 71.3 Å². The van der Waals surface area contributed by atoms with Gasteiger partial charge in [-0.05, 0) is 67.8 Å². The summed E-state index contributed by atoms with van der Waals surface area (Å²) in [5.74, 6) is -0.783. The van der Waals surface area contributed by atoms with E-state index in [1.165, 1.54) is 11.8 Å². The second kappa shape index (κ2) is 11.9. The maximum absolute atomic E-state index is 13.4. The Morgan fingerprint density at radius 2 is 1.71 bits per heavy atom. The molecule has 0 aliphatic carbocycles. The van der Waals surface area contributed by atoms with E-state index in [4.69, 9.17) is 10.8 Å². The molecule has 0 spiro atoms. The molecule has 0 bridgehead atoms. The Kier molecular flexibility index (Phi) is 8.02. The van der Waals surface area contributed by atoms with Crippen LogP contribution in [-0.2, 0) is 19.6 Å². The Morgan fingerprint density at radius 1 is 0.976 bits per heavy atom. The van der Waals surface area contributed by atoms with Gasteiger partial charge in [0.1, 0.15) is 5.69 Å². The van der Waals surface area contributed by atoms with Gasteiger partial charge in [0.15, 0.2) is 5.17 Å². The van der Waals surface area contributed by atoms with Crippen molar-refractivity contribution in [3.63, 3.8) is 0 Å². The van der Waals surface area contributed by atoms with Gasteiger partial charge in [0.2, 0.25) is 15.9 Å². The molecule has 2 N–H and O–H groups in total. The number of piperidine rings is 2. The van der Waals surface area contributed by atoms with Gasteiger partial charge in [-0.2, -0.15) is 14.4 Å². The average molecular weight is 605 g/mol. The molecule has 2 amide bonds. The number of sulfonamides is 1. The Morgan fingerprint density at radius 3 is 2.43 bits per heavy atom. The van der Waals surface area contributed by atoms with E-state index in [-0.39, 0.29) is 22.6 Å². The topological polar surface area (TPSA) is 131 Å². The van der Waals surface area contributed by atoms with Crippen molar-refractivity contribution in [2.75, 3.05) is 26.2 Å². The van der Waals surface area contributed by atoms with Gasteiger partial charge < -0.3 is 10.6 Å². The van der Waals surface area contributed by atoms with Crippen LogP contribution >= 0.6 is 11.8 Å². The van der Waals surface area contributed by atoms with Crippen LogP contribution in [0.4, 0.5) is 0 Å². The number of hydrogen-bond acceptors (Lipinski definition) is 7. The summed E-state index contributed by atoms with van der Waals surface area (Å²) >= 11 is 1.30. The molecule has 0 unspecified atom stereocenters. The quantitative estimate of drug-likeness (QED) is 0.423. The fraction of sp³-hybridized carbons (Fsp3) is 0.333. The molecular formula is C30H32N6O4S2. The molecule has 2 aromatic carbocycles. The first-order valence-electron chi connectivity index (χ1n) is 14.1. The summed E-state index contributed by atoms with van der Waals surface area (Å²) in [7, 11) is -3.64. The zero-order chi connectivity index (χ0) is 29.3. The third-order valence-electron chi connectivity index (χ3n) is 7.89. The number of carbonyl (C=O) groups is 2. The van der Waals surface area contributed by atoms with Gasteiger partial charge in [0, 0.05) is 49.4 Å². The second-order valence-corrected chi connectivity index (χ2v) is 13.6. The van der Waals surface area contributed by atoms with Crippen LogP contribution in [0.15, 0.2) is 75.6 Å². The summed E-state index contributed by atoms with van der Waals surface area (Å²) in [5, 5.41) is 5.45. The molecule has 4 heterocycles. The van der Waals surface area contributed by atoms with E-state index >= 15 is 0 Å². The first kappa shape index (κ1) is 28.4. The summed E-state index contributed by atoms with van der Waals surface area (Å²) in [6.07, 6.45) is 7.63. The molecule has 2 saturated heterocycles. The Balaban J connectivity index is 1.33. The summed E-state index contributed by atoms with van der Waals surface area (Å²) in [6.45, 7) is 2.26. The van der Waals surface area contributed by atoms with Crippen molar-refractivity contribution in [1.29, 1.82) is 0 Å². The van der Waals surface area contributed by atoms with Crippen molar-refractivity contribution < 1.29 is 18.0 Å². The minimum absolute atomic E-state index is 0.153. The maximum Gasteiger partial charge on any atom is 0.286 e. The minimum Gasteiger partial charge on any atom is -0.369 e. The molecule has 3 aliphatic rings. The van der Waals surface area contributed by atoms with Gasteiger partial charge in [0.25, 0.3) is 5.91 Å². The molecule has 3 aliphatic heterocycles. The van der Waals surface area contributed by atoms with E-state index in [1.807, 2.05) is 47.5 Å². The van der Waals surface area contributed by atoms with Gasteiger partial charge in [0.05, 0.1) is 15.5 Å². The summed E-state index contributed by atoms with van der Waals surface area (Å²) in [4.78, 5) is 31.6. The first-order valence-corrected chi connectivity index (χ1v) is 16.4. The highest BCUT2D eigenvalue weighted by molar-refractivity contribution is 8.18. The molecule has 10 nitrogen and oxygen atoms in total. The molecule has 0 atom stereocenters. The predicted molar refractivity (Wildman–Crippen MR) is 163 cm³/mol. The van der Waals surface area contributed by atoms with E-state index in [9.17, 15) is 18.0 Å². The van der Waals surface area contributed by atoms with Crippen LogP contribution in [0.5, 0.6) is 0 Å². The molecule has 0 radical (unpaired) electrons. The van der Waals surface area contributed by atoms with Gasteiger partial charge >= 0.3 is 0 Å². The summed E-state index contributed by atoms with van der Waals surface area (Å²) in [6, 6.07) is 16.5. The van der Waals surface area contributed by atoms with E-state index in [1.54, 1.807) is 33.3 Å². The number of benzene rings is 2. The van der Waals surface area contributed by atoms with Crippen LogP contribution in [0.25, 0.3) is 23.0 Å². The van der Waals surface area contributed by atoms with Crippen molar-refractivity contribution in [2.45, 2.75) is 37.0 Å². The zero-order valence-electron chi connectivity index (χ0n) is 23.1. The monoisotopic (exact) mass is 604 g/mol. The number of aromatic nitrogens is 2. The second-order valence-electron chi connectivity index (χ2n) is 10.7. The van der Waals surface area contributed by atoms with E-state index in [2.05, 4.69) is 4.99 Å². The fourth-order valence-electron chi connectivity index (χ4n) is 5.52. The van der Waals surface area contributed by atoms with E-state index < -0.39 is 10.0 Å². The average Bonchev–Trinajstić information content (AvgIpc) is 3.61. The number of nitrogens with zero attached hydrogens (tertiary/aromatic N) is 5. The van der Waals surface area contributed by atoms with Crippen molar-refractivity contribution in [3.8, 4) is 16.9 Å². The van der Waals surface area contributed by atoms with E-state index in [0.29, 0.717) is 65.9 Å². The number of thioether (sulfide) groups is 1. The first-order chi connectivity index (χ1) is 20.3. The number of rotatable bonds is 6. The Bertz CT molecular complexity index is 1670. The number of amidine groups is 1. The number of amides is 2. The molecule has 42 heavy (non-hydrogen) atoms. The van der Waals surface area contributed by atoms with E-state index in [0.717, 1.165) is 24.9 Å². The molecular weight excluding hydrogens is 573 g/mol. The molecule has 6 rings (SSSR count). The van der Waals surface area contributed by atoms with Gasteiger partial charge in [-0.25, -0.2) is 13.1 Å². The number of likely N-dealkylation sites (tertiary alicyclic amines) is 1. The summed E-state index contributed by atoms with van der Waals surface area (Å²) in [5.41, 5.74) is 8.18. The van der Waals surface area contributed by atoms with Crippen molar-refractivity contribution in [2.24, 2.45) is 16.6 Å². The van der Waals surface area contributed by atoms with Crippen LogP contribution in [0.2, 0.25) is 0 Å². The third kappa shape index (κ3) is 5.79. The van der Waals surface area contributed by atoms with Crippen LogP contribution in [-0.4, -0.2) is 70.6 Å². The van der Waals surface area contributed by atoms with Crippen molar-refractivity contribution >= 4 is 44.8 Å². The van der Waals surface area contributed by atoms with Gasteiger partial charge in [-0.15, -0.1) is 0 Å². The van der Waals surface area contributed by atoms with Crippen LogP contribution < -0.4 is 5.73 Å². The Hall–Kier alpha value is -3.74. The standard InChI is InChI=1S/C30H32N6O4S2/c31-28(37)21-12-16-34(17-13-21)30-32-29(38)26(41-30)19-23-20-36(24-9-3-1-4-10-24)33-27(23)22-8-7-11-25(18-22)42(39,40)35-14-5-2-6-15-35/h1,3-4,7-11,18-21H,2,5-6,12-17H2,(H2,31,37)/b26-19-. The smallest absolute Gasteiger partial charge is 0.286 e. The Labute approximate surface area is 249 Å². The molecule has 0 saturated carbocycles. The third-order valence-corrected chi connectivity index (χ3v) is 10.8. The van der Waals surface area contributed by atoms with Crippen LogP contribution in [0, 0.1) is 5.92 Å². The number of nitrogens with two attached hydrogens (primary N) is 1. The molecule has 2 fully saturated rings. The molecule has 218 valence electrons. The lowest BCUT2D eigenvalue weighted by atomic mass is 9.97. The number of hydrogen-bond donors (Lipinski definition) is 1. The van der Waals surface area contributed by atoms with Crippen LogP contribution in [0.1, 0.15) is 37.7 Å². The predicted octanol–water partition coefficient (Wildman–Crippen LogP) is 3.88. The lowest BCUT2D eigenvalue weighted by Gasteiger charge is -2.31. The number of carbonyl (C=O) groups excluding carboxylic acids is 2.